The molecule has 0 radical (unpaired) electrons. The van der Waals surface area contributed by atoms with E-state index in [1.54, 1.807) is 0 Å². The van der Waals surface area contributed by atoms with Crippen LogP contribution < -0.4 is 16.6 Å². The third-order valence-electron chi connectivity index (χ3n) is 0. The zero-order valence-corrected chi connectivity index (χ0v) is 24.1. The van der Waals surface area contributed by atoms with Gasteiger partial charge in [-0.25, -0.2) is 0 Å². The monoisotopic (exact) mass is 840 g/mol. The molecule has 0 spiro atoms. The SMILES string of the molecule is [Hf+4].[Hf+4].[Hf+4].[O-2].[O-2].[O-2].[O-2].[O]=[Al][O-].[O]=[Al][O-].[O]=[Al][O-].[O]=[Al][O-]. The first kappa shape index (κ1) is 80.2. The summed E-state index contributed by atoms with van der Waals surface area (Å²) in [6.45, 7) is 0. The standard InChI is InChI=1S/4Al.3Hf.12O/q;;;;3*+4;;;;;4*-2;4*-1. The van der Waals surface area contributed by atoms with Crippen molar-refractivity contribution in [2.24, 2.45) is 0 Å². The van der Waals surface area contributed by atoms with E-state index in [1.165, 1.54) is 0 Å². The van der Waals surface area contributed by atoms with E-state index in [1.807, 2.05) is 0 Å². The summed E-state index contributed by atoms with van der Waals surface area (Å²) < 4.78 is 67.7. The summed E-state index contributed by atoms with van der Waals surface area (Å²) in [5.41, 5.74) is 0. The zero-order chi connectivity index (χ0) is 10.8. The van der Waals surface area contributed by atoms with Gasteiger partial charge < -0.3 is 21.9 Å². The third kappa shape index (κ3) is 851. The van der Waals surface area contributed by atoms with Gasteiger partial charge in [-0.05, 0) is 0 Å². The number of hydrogen-bond acceptors (Lipinski definition) is 8. The fourth-order valence-electron chi connectivity index (χ4n) is 0. The van der Waals surface area contributed by atoms with Gasteiger partial charge in [0.2, 0.25) is 0 Å². The van der Waals surface area contributed by atoms with Crippen molar-refractivity contribution in [1.82, 2.24) is 0 Å². The van der Waals surface area contributed by atoms with Gasteiger partial charge in [0.05, 0.1) is 0 Å². The van der Waals surface area contributed by atoms with Crippen molar-refractivity contribution in [3.05, 3.63) is 0 Å². The molecule has 0 unspecified atom stereocenters. The van der Waals surface area contributed by atoms with Crippen molar-refractivity contribution in [2.75, 3.05) is 0 Å². The Bertz CT molecular complexity index is 79.0. The van der Waals surface area contributed by atoms with Crippen LogP contribution in [0.2, 0.25) is 0 Å². The number of rotatable bonds is 0. The van der Waals surface area contributed by atoms with E-state index in [9.17, 15) is 0 Å². The van der Waals surface area contributed by atoms with Gasteiger partial charge in [-0.3, -0.25) is 0 Å². The van der Waals surface area contributed by atoms with Crippen LogP contribution in [0.15, 0.2) is 0 Å². The molecule has 0 atom stereocenters. The predicted molar refractivity (Wildman–Crippen MR) is 28.5 cm³/mol. The summed E-state index contributed by atoms with van der Waals surface area (Å²) in [5.74, 6) is 0. The summed E-state index contributed by atoms with van der Waals surface area (Å²) in [4.78, 5) is 0. The molecule has 0 aromatic heterocycles. The Balaban J connectivity index is -0.00000000444. The molecule has 0 aromatic rings. The Labute approximate surface area is 190 Å². The van der Waals surface area contributed by atoms with E-state index in [4.69, 9.17) is 31.8 Å². The van der Waals surface area contributed by atoms with E-state index in [0.717, 1.165) is 0 Å². The number of hydrogen-bond donors (Lipinski definition) is 0. The topological polar surface area (TPSA) is 275 Å². The first-order valence-electron chi connectivity index (χ1n) is 1.89. The van der Waals surface area contributed by atoms with E-state index in [2.05, 4.69) is 0 Å². The average molecular weight is 835 g/mol. The van der Waals surface area contributed by atoms with Gasteiger partial charge >= 0.3 is 171 Å². The Morgan fingerprint density at radius 3 is 0.421 bits per heavy atom. The van der Waals surface area contributed by atoms with Crippen LogP contribution in [0, 0.1) is 0 Å². The van der Waals surface area contributed by atoms with E-state index < -0.39 is 61.9 Å². The normalized spacial score (nSPS) is 1.68. The molecule has 0 aromatic carbocycles. The molecule has 0 N–H and O–H groups in total. The minimum atomic E-state index is -1.75. The quantitative estimate of drug-likeness (QED) is 0.211. The Morgan fingerprint density at radius 2 is 0.421 bits per heavy atom. The minimum absolute atomic E-state index is 0. The van der Waals surface area contributed by atoms with E-state index >= 15 is 0 Å². The van der Waals surface area contributed by atoms with Crippen LogP contribution in [-0.4, -0.2) is 61.9 Å². The maximum absolute atomic E-state index is 8.46. The first-order chi connectivity index (χ1) is 5.66. The van der Waals surface area contributed by atoms with Gasteiger partial charge in [0.25, 0.3) is 0 Å². The molecule has 0 amide bonds. The average Bonchev–Trinajstić information content (AvgIpc) is 1.92. The van der Waals surface area contributed by atoms with Crippen molar-refractivity contribution >= 4 is 61.9 Å². The van der Waals surface area contributed by atoms with Crippen LogP contribution in [0.3, 0.4) is 0 Å². The zero-order valence-electron chi connectivity index (χ0n) is 8.71. The molecule has 0 aliphatic carbocycles. The van der Waals surface area contributed by atoms with Gasteiger partial charge in [0.1, 0.15) is 0 Å². The summed E-state index contributed by atoms with van der Waals surface area (Å²) in [6, 6.07) is 0. The summed E-state index contributed by atoms with van der Waals surface area (Å²) in [5, 5.41) is 0. The molecular formula is Al4Hf3O12. The molecule has 0 fully saturated rings. The maximum atomic E-state index is 8.46. The van der Waals surface area contributed by atoms with Crippen LogP contribution in [0.5, 0.6) is 0 Å². The van der Waals surface area contributed by atoms with Crippen molar-refractivity contribution in [1.29, 1.82) is 0 Å². The van der Waals surface area contributed by atoms with E-state index in [0.29, 0.717) is 0 Å². The molecular weight excluding hydrogens is 835 g/mol. The van der Waals surface area contributed by atoms with Gasteiger partial charge in [-0.15, -0.1) is 0 Å². The Kier molecular flexibility index (Phi) is 726. The van der Waals surface area contributed by atoms with Gasteiger partial charge in [-0.1, -0.05) is 0 Å². The fraction of sp³-hybridized carbons (Fsp3) is 0. The molecule has 0 heterocycles. The molecule has 0 bridgehead atoms. The second-order valence-electron chi connectivity index (χ2n) is 0.385. The van der Waals surface area contributed by atoms with Crippen LogP contribution in [0.25, 0.3) is 0 Å². The molecule has 19 heavy (non-hydrogen) atoms. The summed E-state index contributed by atoms with van der Waals surface area (Å²) in [7, 11) is 0. The second-order valence-corrected chi connectivity index (χ2v) is 1.15. The van der Waals surface area contributed by atoms with Crippen LogP contribution in [-0.2, 0) is 115 Å². The molecule has 12 nitrogen and oxygen atoms in total. The van der Waals surface area contributed by atoms with Crippen LogP contribution in [0.4, 0.5) is 0 Å². The van der Waals surface area contributed by atoms with Crippen molar-refractivity contribution in [3.63, 3.8) is 0 Å². The van der Waals surface area contributed by atoms with Crippen molar-refractivity contribution < 1.29 is 131 Å². The Hall–Kier alpha value is 2.98. The van der Waals surface area contributed by atoms with Gasteiger partial charge in [0.15, 0.2) is 0 Å². The third-order valence-corrected chi connectivity index (χ3v) is 0. The molecule has 0 saturated heterocycles. The molecule has 19 heteroatoms. The Morgan fingerprint density at radius 1 is 0.421 bits per heavy atom. The van der Waals surface area contributed by atoms with Crippen molar-refractivity contribution in [3.8, 4) is 0 Å². The molecule has 0 aliphatic rings. The molecule has 0 aliphatic heterocycles. The molecule has 0 saturated carbocycles. The van der Waals surface area contributed by atoms with E-state index in [-0.39, 0.29) is 99.4 Å². The molecule has 0 rings (SSSR count). The predicted octanol–water partition coefficient (Wildman–Crippen LogP) is -7.24. The van der Waals surface area contributed by atoms with Crippen LogP contribution >= 0.6 is 0 Å². The molecule has 96 valence electrons. The fourth-order valence-corrected chi connectivity index (χ4v) is 0. The van der Waals surface area contributed by atoms with Crippen LogP contribution in [0.1, 0.15) is 0 Å². The summed E-state index contributed by atoms with van der Waals surface area (Å²) in [6.07, 6.45) is 0. The van der Waals surface area contributed by atoms with Crippen molar-refractivity contribution in [2.45, 2.75) is 0 Å². The first-order valence-corrected chi connectivity index (χ1v) is 5.66. The second kappa shape index (κ2) is 172. The van der Waals surface area contributed by atoms with Gasteiger partial charge in [-0.2, -0.15) is 0 Å². The summed E-state index contributed by atoms with van der Waals surface area (Å²) >= 11 is -7.00. The van der Waals surface area contributed by atoms with Gasteiger partial charge in [0, 0.05) is 0 Å².